The van der Waals surface area contributed by atoms with Gasteiger partial charge >= 0.3 is 12.1 Å². The molecule has 4 rings (SSSR count). The van der Waals surface area contributed by atoms with Crippen LogP contribution in [0.5, 0.6) is 5.75 Å². The van der Waals surface area contributed by atoms with Crippen LogP contribution in [0.2, 0.25) is 0 Å². The highest BCUT2D eigenvalue weighted by atomic mass is 19.4. The number of alkyl halides is 3. The Kier molecular flexibility index (Phi) is 8.08. The fourth-order valence-electron chi connectivity index (χ4n) is 4.06. The molecule has 4 aromatic carbocycles. The number of nitrogens with zero attached hydrogens (tertiary/aromatic N) is 1. The molecule has 8 nitrogen and oxygen atoms in total. The first-order chi connectivity index (χ1) is 18.9. The van der Waals surface area contributed by atoms with E-state index in [1.807, 2.05) is 0 Å². The summed E-state index contributed by atoms with van der Waals surface area (Å²) in [6.45, 7) is 0. The number of aliphatic carboxylic acids is 1. The van der Waals surface area contributed by atoms with Crippen LogP contribution in [0.4, 0.5) is 18.9 Å². The lowest BCUT2D eigenvalue weighted by atomic mass is 9.99. The molecule has 5 N–H and O–H groups in total. The molecule has 0 fully saturated rings. The normalized spacial score (nSPS) is 12.0. The number of phenolic OH excluding ortho intramolecular Hbond substituents is 1. The van der Waals surface area contributed by atoms with Crippen molar-refractivity contribution in [1.29, 1.82) is 0 Å². The van der Waals surface area contributed by atoms with Crippen LogP contribution in [-0.4, -0.2) is 38.5 Å². The highest BCUT2D eigenvalue weighted by molar-refractivity contribution is 6.00. The second-order valence-electron chi connectivity index (χ2n) is 8.91. The molecule has 0 spiro atoms. The third kappa shape index (κ3) is 6.57. The van der Waals surface area contributed by atoms with Crippen molar-refractivity contribution in [3.05, 3.63) is 108 Å². The van der Waals surface area contributed by atoms with Crippen molar-refractivity contribution < 1.29 is 43.4 Å². The summed E-state index contributed by atoms with van der Waals surface area (Å²) < 4.78 is 38.6. The second-order valence-corrected chi connectivity index (χ2v) is 8.91. The lowest BCUT2D eigenvalue weighted by Crippen LogP contribution is -2.42. The molecular formula is C29H23F3N2O6. The van der Waals surface area contributed by atoms with Gasteiger partial charge in [0, 0.05) is 6.42 Å². The number of anilines is 1. The number of aromatic hydroxyl groups is 1. The number of hydrogen-bond donors (Lipinski definition) is 5. The van der Waals surface area contributed by atoms with E-state index in [0.717, 1.165) is 17.7 Å². The van der Waals surface area contributed by atoms with E-state index in [2.05, 4.69) is 5.32 Å². The minimum absolute atomic E-state index is 0.00494. The van der Waals surface area contributed by atoms with E-state index in [1.54, 1.807) is 42.5 Å². The molecule has 11 heteroatoms. The van der Waals surface area contributed by atoms with E-state index in [0.29, 0.717) is 22.3 Å². The van der Waals surface area contributed by atoms with Crippen molar-refractivity contribution in [2.45, 2.75) is 18.6 Å². The number of hydrogen-bond acceptors (Lipinski definition) is 6. The van der Waals surface area contributed by atoms with Crippen LogP contribution < -0.4 is 10.5 Å². The Labute approximate surface area is 226 Å². The highest BCUT2D eigenvalue weighted by Gasteiger charge is 2.30. The largest absolute Gasteiger partial charge is 0.507 e. The molecule has 0 aromatic heterocycles. The maximum Gasteiger partial charge on any atom is 0.416 e. The smallest absolute Gasteiger partial charge is 0.416 e. The number of amides is 1. The molecule has 0 unspecified atom stereocenters. The summed E-state index contributed by atoms with van der Waals surface area (Å²) in [6.07, 6.45) is -4.58. The van der Waals surface area contributed by atoms with Crippen molar-refractivity contribution in [3.8, 4) is 28.0 Å². The van der Waals surface area contributed by atoms with Crippen molar-refractivity contribution in [2.75, 3.05) is 5.23 Å². The zero-order chi connectivity index (χ0) is 29.0. The van der Waals surface area contributed by atoms with E-state index in [-0.39, 0.29) is 22.9 Å². The number of nitrogens with one attached hydrogen (secondary N) is 1. The van der Waals surface area contributed by atoms with Crippen molar-refractivity contribution in [1.82, 2.24) is 5.32 Å². The van der Waals surface area contributed by atoms with Crippen LogP contribution in [0.1, 0.15) is 21.5 Å². The van der Waals surface area contributed by atoms with Gasteiger partial charge in [-0.25, -0.2) is 4.79 Å². The third-order valence-corrected chi connectivity index (χ3v) is 6.19. The van der Waals surface area contributed by atoms with Crippen molar-refractivity contribution in [3.63, 3.8) is 0 Å². The van der Waals surface area contributed by atoms with Gasteiger partial charge in [0.2, 0.25) is 0 Å². The molecule has 4 aromatic rings. The lowest BCUT2D eigenvalue weighted by Gasteiger charge is -2.16. The standard InChI is InChI=1S/C29H23F3N2O6/c30-29(31,32)22-11-8-19(9-12-22)21-10-13-26(35)24(16-21)27(36)33-25(28(37)38)14-17-4-6-18(7-5-17)20-2-1-3-23(15-20)34(39)40/h1-13,15-16,25,35,39-40H,14H2,(H,33,36)(H,37,38)/t25-/m0/s1. The van der Waals surface area contributed by atoms with Gasteiger partial charge < -0.3 is 15.5 Å². The summed E-state index contributed by atoms with van der Waals surface area (Å²) in [4.78, 5) is 24.9. The number of halogens is 3. The average Bonchev–Trinajstić information content (AvgIpc) is 2.93. The molecule has 0 bridgehead atoms. The summed E-state index contributed by atoms with van der Waals surface area (Å²) in [7, 11) is 0. The Hall–Kier alpha value is -4.87. The summed E-state index contributed by atoms with van der Waals surface area (Å²) in [5.74, 6) is -2.60. The molecule has 0 aliphatic rings. The van der Waals surface area contributed by atoms with Crippen LogP contribution in [0.25, 0.3) is 22.3 Å². The van der Waals surface area contributed by atoms with E-state index in [9.17, 15) is 43.4 Å². The second kappa shape index (κ2) is 11.5. The minimum Gasteiger partial charge on any atom is -0.507 e. The minimum atomic E-state index is -4.50. The van der Waals surface area contributed by atoms with E-state index in [4.69, 9.17) is 0 Å². The van der Waals surface area contributed by atoms with Crippen LogP contribution in [-0.2, 0) is 17.4 Å². The fraction of sp³-hybridized carbons (Fsp3) is 0.103. The maximum absolute atomic E-state index is 12.9. The topological polar surface area (TPSA) is 130 Å². The third-order valence-electron chi connectivity index (χ3n) is 6.19. The summed E-state index contributed by atoms with van der Waals surface area (Å²) in [6, 6.07) is 20.0. The van der Waals surface area contributed by atoms with Gasteiger partial charge in [0.15, 0.2) is 0 Å². The van der Waals surface area contributed by atoms with Gasteiger partial charge in [0.1, 0.15) is 11.8 Å². The maximum atomic E-state index is 12.9. The number of carboxylic acids is 1. The predicted molar refractivity (Wildman–Crippen MR) is 139 cm³/mol. The number of carbonyl (C=O) groups is 2. The van der Waals surface area contributed by atoms with E-state index < -0.39 is 35.4 Å². The summed E-state index contributed by atoms with van der Waals surface area (Å²) in [5.41, 5.74) is 1.81. The molecule has 1 amide bonds. The van der Waals surface area contributed by atoms with Gasteiger partial charge in [0.05, 0.1) is 16.8 Å². The first-order valence-electron chi connectivity index (χ1n) is 11.8. The Morgan fingerprint density at radius 1 is 0.800 bits per heavy atom. The van der Waals surface area contributed by atoms with Gasteiger partial charge in [-0.1, -0.05) is 54.6 Å². The monoisotopic (exact) mass is 552 g/mol. The molecular weight excluding hydrogens is 529 g/mol. The predicted octanol–water partition coefficient (Wildman–Crippen LogP) is 5.76. The Balaban J connectivity index is 1.50. The Morgan fingerprint density at radius 2 is 1.38 bits per heavy atom. The first kappa shape index (κ1) is 28.1. The molecule has 0 saturated heterocycles. The fourth-order valence-corrected chi connectivity index (χ4v) is 4.06. The number of rotatable bonds is 8. The molecule has 40 heavy (non-hydrogen) atoms. The Morgan fingerprint density at radius 3 is 1.95 bits per heavy atom. The summed E-state index contributed by atoms with van der Waals surface area (Å²) in [5, 5.41) is 40.8. The molecule has 0 saturated carbocycles. The van der Waals surface area contributed by atoms with Crippen LogP contribution in [0.15, 0.2) is 91.0 Å². The molecule has 206 valence electrons. The Bertz CT molecular complexity index is 1520. The van der Waals surface area contributed by atoms with Crippen LogP contribution in [0, 0.1) is 0 Å². The zero-order valence-corrected chi connectivity index (χ0v) is 20.6. The van der Waals surface area contributed by atoms with E-state index >= 15 is 0 Å². The molecule has 0 heterocycles. The van der Waals surface area contributed by atoms with Crippen molar-refractivity contribution >= 4 is 17.6 Å². The number of benzene rings is 4. The average molecular weight is 553 g/mol. The SMILES string of the molecule is O=C(N[C@@H](Cc1ccc(-c2cccc(N(O)O)c2)cc1)C(=O)O)c1cc(-c2ccc(C(F)(F)F)cc2)ccc1O. The number of carbonyl (C=O) groups excluding carboxylic acids is 1. The quantitative estimate of drug-likeness (QED) is 0.176. The first-order valence-corrected chi connectivity index (χ1v) is 11.8. The molecule has 0 aliphatic carbocycles. The van der Waals surface area contributed by atoms with Crippen molar-refractivity contribution in [2.24, 2.45) is 0 Å². The summed E-state index contributed by atoms with van der Waals surface area (Å²) >= 11 is 0. The van der Waals surface area contributed by atoms with Gasteiger partial charge in [-0.05, 0) is 64.2 Å². The van der Waals surface area contributed by atoms with E-state index in [1.165, 1.54) is 36.4 Å². The number of phenols is 1. The lowest BCUT2D eigenvalue weighted by molar-refractivity contribution is -0.139. The highest BCUT2D eigenvalue weighted by Crippen LogP contribution is 2.32. The van der Waals surface area contributed by atoms with Gasteiger partial charge in [-0.2, -0.15) is 13.2 Å². The number of carboxylic acid groups (broad SMARTS) is 1. The van der Waals surface area contributed by atoms with Gasteiger partial charge in [-0.15, -0.1) is 5.23 Å². The van der Waals surface area contributed by atoms with Crippen LogP contribution >= 0.6 is 0 Å². The molecule has 0 radical (unpaired) electrons. The molecule has 0 aliphatic heterocycles. The van der Waals surface area contributed by atoms with Gasteiger partial charge in [-0.3, -0.25) is 15.2 Å². The van der Waals surface area contributed by atoms with Gasteiger partial charge in [0.25, 0.3) is 5.91 Å². The van der Waals surface area contributed by atoms with Crippen LogP contribution in [0.3, 0.4) is 0 Å². The zero-order valence-electron chi connectivity index (χ0n) is 20.6. The molecule has 1 atom stereocenters.